The average Bonchev–Trinajstić information content (AvgIpc) is 1.61. The Morgan fingerprint density at radius 2 is 2.11 bits per heavy atom. The minimum absolute atomic E-state index is 0.380. The lowest BCUT2D eigenvalue weighted by molar-refractivity contribution is 0.169. The highest BCUT2D eigenvalue weighted by molar-refractivity contribution is 4.96. The molecule has 0 radical (unpaired) electrons. The Labute approximate surface area is 56.7 Å². The van der Waals surface area contributed by atoms with E-state index in [1.807, 2.05) is 0 Å². The lowest BCUT2D eigenvalue weighted by Crippen LogP contribution is -2.28. The second-order valence-electron chi connectivity index (χ2n) is 3.22. The average molecular weight is 123 g/mol. The van der Waals surface area contributed by atoms with Gasteiger partial charge in [0.05, 0.1) is 6.07 Å². The topological polar surface area (TPSA) is 23.8 Å². The Kier molecular flexibility index (Phi) is 1.75. The molecular weight excluding hydrogens is 110 g/mol. The molecule has 0 spiro atoms. The van der Waals surface area contributed by atoms with Gasteiger partial charge >= 0.3 is 0 Å². The molecule has 1 heteroatoms. The molecule has 1 nitrogen and oxygen atoms in total. The SMILES string of the molecule is CC(C)[C@@H]1CC[C@@H]1C#N. The van der Waals surface area contributed by atoms with Crippen molar-refractivity contribution in [3.8, 4) is 6.07 Å². The molecule has 9 heavy (non-hydrogen) atoms. The van der Waals surface area contributed by atoms with Gasteiger partial charge in [0.2, 0.25) is 0 Å². The largest absolute Gasteiger partial charge is 0.198 e. The maximum atomic E-state index is 8.56. The van der Waals surface area contributed by atoms with Crippen LogP contribution in [0, 0.1) is 29.1 Å². The zero-order valence-electron chi connectivity index (χ0n) is 6.09. The van der Waals surface area contributed by atoms with Crippen LogP contribution < -0.4 is 0 Å². The van der Waals surface area contributed by atoms with Crippen LogP contribution in [-0.2, 0) is 0 Å². The molecular formula is C8H13N. The van der Waals surface area contributed by atoms with E-state index in [2.05, 4.69) is 19.9 Å². The molecule has 0 bridgehead atoms. The molecule has 1 fully saturated rings. The molecule has 50 valence electrons. The summed E-state index contributed by atoms with van der Waals surface area (Å²) >= 11 is 0. The number of rotatable bonds is 1. The highest BCUT2D eigenvalue weighted by Crippen LogP contribution is 2.38. The van der Waals surface area contributed by atoms with Crippen LogP contribution in [0.4, 0.5) is 0 Å². The number of nitrogens with zero attached hydrogens (tertiary/aromatic N) is 1. The van der Waals surface area contributed by atoms with Gasteiger partial charge in [0.1, 0.15) is 0 Å². The maximum absolute atomic E-state index is 8.56. The third-order valence-electron chi connectivity index (χ3n) is 2.35. The molecule has 0 heterocycles. The highest BCUT2D eigenvalue weighted by atomic mass is 14.4. The van der Waals surface area contributed by atoms with Crippen LogP contribution in [0.5, 0.6) is 0 Å². The first-order valence-corrected chi connectivity index (χ1v) is 3.65. The quantitative estimate of drug-likeness (QED) is 0.524. The molecule has 0 unspecified atom stereocenters. The van der Waals surface area contributed by atoms with Gasteiger partial charge in [-0.25, -0.2) is 0 Å². The van der Waals surface area contributed by atoms with Gasteiger partial charge in [0.25, 0.3) is 0 Å². The van der Waals surface area contributed by atoms with Crippen LogP contribution in [-0.4, -0.2) is 0 Å². The smallest absolute Gasteiger partial charge is 0.0658 e. The van der Waals surface area contributed by atoms with Crippen LogP contribution >= 0.6 is 0 Å². The second-order valence-corrected chi connectivity index (χ2v) is 3.22. The van der Waals surface area contributed by atoms with E-state index in [9.17, 15) is 0 Å². The lowest BCUT2D eigenvalue weighted by atomic mass is 9.69. The van der Waals surface area contributed by atoms with Gasteiger partial charge in [-0.3, -0.25) is 0 Å². The van der Waals surface area contributed by atoms with E-state index in [-0.39, 0.29) is 0 Å². The summed E-state index contributed by atoms with van der Waals surface area (Å²) in [6.07, 6.45) is 2.41. The molecule has 0 aromatic heterocycles. The molecule has 0 aliphatic heterocycles. The first-order valence-electron chi connectivity index (χ1n) is 3.65. The van der Waals surface area contributed by atoms with Gasteiger partial charge in [-0.1, -0.05) is 13.8 Å². The fourth-order valence-electron chi connectivity index (χ4n) is 1.48. The van der Waals surface area contributed by atoms with E-state index in [1.165, 1.54) is 6.42 Å². The second kappa shape index (κ2) is 2.39. The summed E-state index contributed by atoms with van der Waals surface area (Å²) in [6, 6.07) is 2.33. The highest BCUT2D eigenvalue weighted by Gasteiger charge is 2.32. The summed E-state index contributed by atoms with van der Waals surface area (Å²) in [5.74, 6) is 1.79. The zero-order valence-corrected chi connectivity index (χ0v) is 6.09. The van der Waals surface area contributed by atoms with Gasteiger partial charge in [-0.15, -0.1) is 0 Å². The molecule has 1 aliphatic rings. The van der Waals surface area contributed by atoms with Gasteiger partial charge in [0.15, 0.2) is 0 Å². The molecule has 1 aliphatic carbocycles. The third-order valence-corrected chi connectivity index (χ3v) is 2.35. The first-order chi connectivity index (χ1) is 4.25. The van der Waals surface area contributed by atoms with Crippen LogP contribution in [0.1, 0.15) is 26.7 Å². The number of hydrogen-bond donors (Lipinski definition) is 0. The molecule has 1 rings (SSSR count). The predicted octanol–water partition coefficient (Wildman–Crippen LogP) is 2.19. The van der Waals surface area contributed by atoms with Crippen molar-refractivity contribution in [2.75, 3.05) is 0 Å². The van der Waals surface area contributed by atoms with Crippen molar-refractivity contribution in [3.05, 3.63) is 0 Å². The molecule has 0 N–H and O–H groups in total. The number of hydrogen-bond acceptors (Lipinski definition) is 1. The Balaban J connectivity index is 2.38. The monoisotopic (exact) mass is 123 g/mol. The van der Waals surface area contributed by atoms with E-state index in [0.717, 1.165) is 6.42 Å². The van der Waals surface area contributed by atoms with Gasteiger partial charge in [-0.2, -0.15) is 5.26 Å². The fraction of sp³-hybridized carbons (Fsp3) is 0.875. The minimum atomic E-state index is 0.380. The van der Waals surface area contributed by atoms with Crippen LogP contribution in [0.3, 0.4) is 0 Å². The van der Waals surface area contributed by atoms with E-state index < -0.39 is 0 Å². The summed E-state index contributed by atoms with van der Waals surface area (Å²) in [5, 5.41) is 8.56. The molecule has 0 aromatic carbocycles. The molecule has 0 saturated heterocycles. The van der Waals surface area contributed by atoms with Crippen molar-refractivity contribution in [1.82, 2.24) is 0 Å². The molecule has 0 aromatic rings. The van der Waals surface area contributed by atoms with E-state index in [1.54, 1.807) is 0 Å². The van der Waals surface area contributed by atoms with Crippen molar-refractivity contribution in [2.24, 2.45) is 17.8 Å². The Morgan fingerprint density at radius 1 is 1.44 bits per heavy atom. The lowest BCUT2D eigenvalue weighted by Gasteiger charge is -2.34. The van der Waals surface area contributed by atoms with Crippen LogP contribution in [0.25, 0.3) is 0 Å². The van der Waals surface area contributed by atoms with Gasteiger partial charge < -0.3 is 0 Å². The van der Waals surface area contributed by atoms with Crippen molar-refractivity contribution < 1.29 is 0 Å². The zero-order chi connectivity index (χ0) is 6.85. The van der Waals surface area contributed by atoms with Crippen LogP contribution in [0.15, 0.2) is 0 Å². The van der Waals surface area contributed by atoms with Gasteiger partial charge in [-0.05, 0) is 24.7 Å². The summed E-state index contributed by atoms with van der Waals surface area (Å²) < 4.78 is 0. The summed E-state index contributed by atoms with van der Waals surface area (Å²) in [6.45, 7) is 4.41. The van der Waals surface area contributed by atoms with Crippen molar-refractivity contribution in [2.45, 2.75) is 26.7 Å². The summed E-state index contributed by atoms with van der Waals surface area (Å²) in [4.78, 5) is 0. The third kappa shape index (κ3) is 1.08. The Hall–Kier alpha value is -0.510. The van der Waals surface area contributed by atoms with E-state index in [0.29, 0.717) is 17.8 Å². The minimum Gasteiger partial charge on any atom is -0.198 e. The maximum Gasteiger partial charge on any atom is 0.0658 e. The Morgan fingerprint density at radius 3 is 2.22 bits per heavy atom. The first kappa shape index (κ1) is 6.61. The molecule has 0 amide bonds. The van der Waals surface area contributed by atoms with E-state index >= 15 is 0 Å². The van der Waals surface area contributed by atoms with Crippen LogP contribution in [0.2, 0.25) is 0 Å². The number of nitriles is 1. The van der Waals surface area contributed by atoms with Crippen molar-refractivity contribution in [1.29, 1.82) is 5.26 Å². The van der Waals surface area contributed by atoms with Crippen molar-refractivity contribution >= 4 is 0 Å². The standard InChI is InChI=1S/C8H13N/c1-6(2)8-4-3-7(8)5-9/h6-8H,3-4H2,1-2H3/t7-,8+/m1/s1. The summed E-state index contributed by atoms with van der Waals surface area (Å²) in [5.41, 5.74) is 0. The predicted molar refractivity (Wildman–Crippen MR) is 36.7 cm³/mol. The summed E-state index contributed by atoms with van der Waals surface area (Å²) in [7, 11) is 0. The molecule has 1 saturated carbocycles. The van der Waals surface area contributed by atoms with Gasteiger partial charge in [0, 0.05) is 5.92 Å². The van der Waals surface area contributed by atoms with E-state index in [4.69, 9.17) is 5.26 Å². The van der Waals surface area contributed by atoms with Crippen molar-refractivity contribution in [3.63, 3.8) is 0 Å². The molecule has 2 atom stereocenters. The Bertz CT molecular complexity index is 132. The normalized spacial score (nSPS) is 33.6. The fourth-order valence-corrected chi connectivity index (χ4v) is 1.48.